The molecule has 124 valence electrons. The Bertz CT molecular complexity index is 632. The topological polar surface area (TPSA) is 63.2 Å². The van der Waals surface area contributed by atoms with E-state index in [-0.39, 0.29) is 0 Å². The average molecular weight is 333 g/mol. The van der Waals surface area contributed by atoms with Gasteiger partial charge in [0.2, 0.25) is 0 Å². The van der Waals surface area contributed by atoms with Crippen LogP contribution in [0.5, 0.6) is 5.19 Å². The third kappa shape index (κ3) is 4.62. The van der Waals surface area contributed by atoms with Gasteiger partial charge in [0.25, 0.3) is 5.19 Å². The van der Waals surface area contributed by atoms with Crippen molar-refractivity contribution in [2.24, 2.45) is 5.92 Å². The Morgan fingerprint density at radius 2 is 2.35 bits per heavy atom. The first-order chi connectivity index (χ1) is 11.2. The van der Waals surface area contributed by atoms with Gasteiger partial charge in [0.15, 0.2) is 0 Å². The largest absolute Gasteiger partial charge is 0.469 e. The van der Waals surface area contributed by atoms with Crippen LogP contribution in [0.15, 0.2) is 18.3 Å². The Balaban J connectivity index is 1.44. The Morgan fingerprint density at radius 3 is 3.17 bits per heavy atom. The normalized spacial score (nSPS) is 18.3. The molecular formula is C16H23N5OS. The molecule has 2 aromatic heterocycles. The summed E-state index contributed by atoms with van der Waals surface area (Å²) >= 11 is 1.55. The van der Waals surface area contributed by atoms with Crippen molar-refractivity contribution in [3.63, 3.8) is 0 Å². The van der Waals surface area contributed by atoms with Crippen molar-refractivity contribution in [1.82, 2.24) is 20.1 Å². The maximum absolute atomic E-state index is 5.38. The Kier molecular flexibility index (Phi) is 5.40. The molecular weight excluding hydrogens is 310 g/mol. The summed E-state index contributed by atoms with van der Waals surface area (Å²) < 4.78 is 5.38. The van der Waals surface area contributed by atoms with Gasteiger partial charge in [-0.2, -0.15) is 0 Å². The van der Waals surface area contributed by atoms with Crippen LogP contribution in [0.2, 0.25) is 0 Å². The number of aromatic nitrogens is 3. The molecule has 0 amide bonds. The predicted molar refractivity (Wildman–Crippen MR) is 91.9 cm³/mol. The molecule has 2 aromatic rings. The van der Waals surface area contributed by atoms with Gasteiger partial charge in [-0.3, -0.25) is 4.90 Å². The summed E-state index contributed by atoms with van der Waals surface area (Å²) in [5.74, 6) is 1.62. The molecule has 1 aliphatic rings. The highest BCUT2D eigenvalue weighted by atomic mass is 32.1. The zero-order valence-electron chi connectivity index (χ0n) is 13.7. The van der Waals surface area contributed by atoms with Gasteiger partial charge < -0.3 is 10.1 Å². The zero-order chi connectivity index (χ0) is 16.1. The smallest absolute Gasteiger partial charge is 0.294 e. The standard InChI is InChI=1S/C16H23N5OS/c1-3-22-16-20-19-15(23-16)11-21-7-5-13(10-21)9-18-14-8-12(2)4-6-17-14/h4,6,8,13H,3,5,7,9-11H2,1-2H3,(H,17,18)/t13-/m1/s1. The van der Waals surface area contributed by atoms with Crippen molar-refractivity contribution in [2.45, 2.75) is 26.8 Å². The quantitative estimate of drug-likeness (QED) is 0.840. The van der Waals surface area contributed by atoms with Crippen molar-refractivity contribution in [2.75, 3.05) is 31.6 Å². The molecule has 0 aliphatic carbocycles. The molecule has 6 nitrogen and oxygen atoms in total. The highest BCUT2D eigenvalue weighted by molar-refractivity contribution is 7.13. The fraction of sp³-hybridized carbons (Fsp3) is 0.562. The number of likely N-dealkylation sites (tertiary alicyclic amines) is 1. The maximum atomic E-state index is 5.38. The van der Waals surface area contributed by atoms with Crippen LogP contribution in [0.1, 0.15) is 23.9 Å². The van der Waals surface area contributed by atoms with Crippen LogP contribution in [0.4, 0.5) is 5.82 Å². The van der Waals surface area contributed by atoms with Gasteiger partial charge in [-0.25, -0.2) is 4.98 Å². The minimum Gasteiger partial charge on any atom is -0.469 e. The van der Waals surface area contributed by atoms with Crippen LogP contribution in [0.3, 0.4) is 0 Å². The number of hydrogen-bond donors (Lipinski definition) is 1. The van der Waals surface area contributed by atoms with Crippen molar-refractivity contribution >= 4 is 17.2 Å². The summed E-state index contributed by atoms with van der Waals surface area (Å²) in [6.07, 6.45) is 3.06. The second kappa shape index (κ2) is 7.70. The number of aryl methyl sites for hydroxylation is 1. The molecule has 1 aliphatic heterocycles. The monoisotopic (exact) mass is 333 g/mol. The molecule has 1 fully saturated rings. The molecule has 0 bridgehead atoms. The fourth-order valence-electron chi connectivity index (χ4n) is 2.78. The molecule has 23 heavy (non-hydrogen) atoms. The molecule has 1 N–H and O–H groups in total. The lowest BCUT2D eigenvalue weighted by atomic mass is 10.1. The highest BCUT2D eigenvalue weighted by Gasteiger charge is 2.23. The van der Waals surface area contributed by atoms with E-state index in [0.717, 1.165) is 37.0 Å². The van der Waals surface area contributed by atoms with Crippen molar-refractivity contribution in [1.29, 1.82) is 0 Å². The molecule has 0 radical (unpaired) electrons. The van der Waals surface area contributed by atoms with Gasteiger partial charge in [0.1, 0.15) is 10.8 Å². The number of anilines is 1. The predicted octanol–water partition coefficient (Wildman–Crippen LogP) is 2.57. The van der Waals surface area contributed by atoms with Crippen LogP contribution in [-0.2, 0) is 6.54 Å². The Hall–Kier alpha value is -1.73. The minimum atomic E-state index is 0.638. The second-order valence-corrected chi connectivity index (χ2v) is 6.91. The fourth-order valence-corrected chi connectivity index (χ4v) is 3.57. The van der Waals surface area contributed by atoms with Gasteiger partial charge in [-0.05, 0) is 50.4 Å². The molecule has 0 aromatic carbocycles. The lowest BCUT2D eigenvalue weighted by Crippen LogP contribution is -2.22. The van der Waals surface area contributed by atoms with E-state index in [0.29, 0.717) is 17.7 Å². The zero-order valence-corrected chi connectivity index (χ0v) is 14.5. The van der Waals surface area contributed by atoms with Crippen molar-refractivity contribution in [3.8, 4) is 5.19 Å². The summed E-state index contributed by atoms with van der Waals surface area (Å²) in [5.41, 5.74) is 1.23. The van der Waals surface area contributed by atoms with Gasteiger partial charge in [-0.15, -0.1) is 10.2 Å². The van der Waals surface area contributed by atoms with E-state index < -0.39 is 0 Å². The number of rotatable bonds is 7. The third-order valence-corrected chi connectivity index (χ3v) is 4.75. The first-order valence-electron chi connectivity index (χ1n) is 8.07. The summed E-state index contributed by atoms with van der Waals surface area (Å²) in [6, 6.07) is 4.10. The molecule has 1 saturated heterocycles. The van der Waals surface area contributed by atoms with E-state index in [9.17, 15) is 0 Å². The minimum absolute atomic E-state index is 0.638. The molecule has 3 heterocycles. The number of hydrogen-bond acceptors (Lipinski definition) is 7. The summed E-state index contributed by atoms with van der Waals surface area (Å²) in [4.78, 5) is 6.79. The lowest BCUT2D eigenvalue weighted by Gasteiger charge is -2.15. The van der Waals surface area contributed by atoms with Crippen LogP contribution in [0.25, 0.3) is 0 Å². The van der Waals surface area contributed by atoms with Gasteiger partial charge in [0.05, 0.1) is 13.2 Å². The van der Waals surface area contributed by atoms with E-state index in [1.807, 2.05) is 19.2 Å². The van der Waals surface area contributed by atoms with E-state index in [2.05, 4.69) is 38.4 Å². The summed E-state index contributed by atoms with van der Waals surface area (Å²) in [5, 5.41) is 13.4. The molecule has 0 saturated carbocycles. The van der Waals surface area contributed by atoms with Gasteiger partial charge in [0, 0.05) is 19.3 Å². The first kappa shape index (κ1) is 16.1. The third-order valence-electron chi connectivity index (χ3n) is 3.93. The van der Waals surface area contributed by atoms with E-state index >= 15 is 0 Å². The Morgan fingerprint density at radius 1 is 1.43 bits per heavy atom. The Labute approximate surface area is 140 Å². The van der Waals surface area contributed by atoms with Crippen molar-refractivity contribution in [3.05, 3.63) is 28.9 Å². The number of ether oxygens (including phenoxy) is 1. The number of nitrogens with zero attached hydrogens (tertiary/aromatic N) is 4. The summed E-state index contributed by atoms with van der Waals surface area (Å²) in [6.45, 7) is 8.71. The molecule has 7 heteroatoms. The van der Waals surface area contributed by atoms with E-state index in [1.54, 1.807) is 11.3 Å². The average Bonchev–Trinajstić information content (AvgIpc) is 3.16. The maximum Gasteiger partial charge on any atom is 0.294 e. The van der Waals surface area contributed by atoms with Crippen molar-refractivity contribution < 1.29 is 4.74 Å². The number of pyridine rings is 1. The molecule has 0 unspecified atom stereocenters. The van der Waals surface area contributed by atoms with Crippen LogP contribution >= 0.6 is 11.3 Å². The molecule has 1 atom stereocenters. The SMILES string of the molecule is CCOc1nnc(CN2CC[C@H](CNc3cc(C)ccn3)C2)s1. The molecule has 0 spiro atoms. The van der Waals surface area contributed by atoms with Crippen LogP contribution in [0, 0.1) is 12.8 Å². The van der Waals surface area contributed by atoms with Crippen LogP contribution < -0.4 is 10.1 Å². The van der Waals surface area contributed by atoms with Gasteiger partial charge in [-0.1, -0.05) is 11.3 Å². The van der Waals surface area contributed by atoms with E-state index in [4.69, 9.17) is 4.74 Å². The van der Waals surface area contributed by atoms with Crippen LogP contribution in [-0.4, -0.2) is 46.3 Å². The van der Waals surface area contributed by atoms with E-state index in [1.165, 1.54) is 12.0 Å². The first-order valence-corrected chi connectivity index (χ1v) is 8.88. The lowest BCUT2D eigenvalue weighted by molar-refractivity contribution is 0.317. The van der Waals surface area contributed by atoms with Gasteiger partial charge >= 0.3 is 0 Å². The second-order valence-electron chi connectivity index (χ2n) is 5.88. The highest BCUT2D eigenvalue weighted by Crippen LogP contribution is 2.23. The summed E-state index contributed by atoms with van der Waals surface area (Å²) in [7, 11) is 0. The molecule has 3 rings (SSSR count). The number of nitrogens with one attached hydrogen (secondary N) is 1.